The van der Waals surface area contributed by atoms with E-state index in [1.807, 2.05) is 0 Å². The molecule has 0 atom stereocenters. The molecule has 1 heteroatoms. The summed E-state index contributed by atoms with van der Waals surface area (Å²) in [5.41, 5.74) is 0. The molecule has 0 unspecified atom stereocenters. The van der Waals surface area contributed by atoms with Crippen LogP contribution in [0.5, 0.6) is 0 Å². The molecule has 0 N–H and O–H groups in total. The largest absolute Gasteiger partial charge is 0.303 e. The molecular formula is C9H16O. The smallest absolute Gasteiger partial charge is 0.120 e. The zero-order valence-corrected chi connectivity index (χ0v) is 6.51. The Bertz CT molecular complexity index is 90.9. The number of hydrogen-bond acceptors (Lipinski definition) is 1. The van der Waals surface area contributed by atoms with Crippen LogP contribution in [0.2, 0.25) is 0 Å². The second kappa shape index (κ2) is 4.48. The first-order valence-corrected chi connectivity index (χ1v) is 4.37. The molecule has 0 amide bonds. The van der Waals surface area contributed by atoms with Crippen LogP contribution in [0.1, 0.15) is 44.9 Å². The Labute approximate surface area is 62.8 Å². The van der Waals surface area contributed by atoms with Gasteiger partial charge in [0.15, 0.2) is 0 Å². The van der Waals surface area contributed by atoms with E-state index in [0.29, 0.717) is 0 Å². The molecule has 1 aliphatic rings. The monoisotopic (exact) mass is 140 g/mol. The normalized spacial score (nSPS) is 22.0. The molecule has 0 aromatic heterocycles. The van der Waals surface area contributed by atoms with Crippen LogP contribution in [0.25, 0.3) is 0 Å². The molecule has 0 saturated heterocycles. The average molecular weight is 140 g/mol. The van der Waals surface area contributed by atoms with Gasteiger partial charge in [0.2, 0.25) is 0 Å². The standard InChI is InChI=1S/C9H16O/c10-8-7-9-5-3-1-2-4-6-9/h8-9H,1-7H2. The van der Waals surface area contributed by atoms with E-state index in [2.05, 4.69) is 0 Å². The highest BCUT2D eigenvalue weighted by Gasteiger charge is 2.10. The Hall–Kier alpha value is -0.330. The molecule has 0 radical (unpaired) electrons. The van der Waals surface area contributed by atoms with Crippen molar-refractivity contribution < 1.29 is 4.79 Å². The molecule has 1 saturated carbocycles. The first-order valence-electron chi connectivity index (χ1n) is 4.37. The Balaban J connectivity index is 2.21. The van der Waals surface area contributed by atoms with Crippen LogP contribution >= 0.6 is 0 Å². The molecule has 1 nitrogen and oxygen atoms in total. The fourth-order valence-electron chi connectivity index (χ4n) is 1.74. The first-order chi connectivity index (χ1) is 4.93. The maximum absolute atomic E-state index is 10.2. The van der Waals surface area contributed by atoms with Crippen LogP contribution in [-0.2, 0) is 4.79 Å². The Morgan fingerprint density at radius 2 is 1.70 bits per heavy atom. The fraction of sp³-hybridized carbons (Fsp3) is 0.889. The molecule has 0 aromatic rings. The van der Waals surface area contributed by atoms with Gasteiger partial charge in [-0.15, -0.1) is 0 Å². The van der Waals surface area contributed by atoms with Crippen LogP contribution in [0, 0.1) is 5.92 Å². The van der Waals surface area contributed by atoms with E-state index in [1.54, 1.807) is 0 Å². The summed E-state index contributed by atoms with van der Waals surface area (Å²) in [5, 5.41) is 0. The summed E-state index contributed by atoms with van der Waals surface area (Å²) in [6, 6.07) is 0. The maximum Gasteiger partial charge on any atom is 0.120 e. The number of hydrogen-bond donors (Lipinski definition) is 0. The number of aldehydes is 1. The third kappa shape index (κ3) is 2.51. The summed E-state index contributed by atoms with van der Waals surface area (Å²) < 4.78 is 0. The summed E-state index contributed by atoms with van der Waals surface area (Å²) in [6.07, 6.45) is 9.93. The van der Waals surface area contributed by atoms with Crippen molar-refractivity contribution in [2.75, 3.05) is 0 Å². The van der Waals surface area contributed by atoms with Gasteiger partial charge >= 0.3 is 0 Å². The molecule has 1 rings (SSSR count). The van der Waals surface area contributed by atoms with Gasteiger partial charge < -0.3 is 4.79 Å². The number of carbonyl (C=O) groups excluding carboxylic acids is 1. The lowest BCUT2D eigenvalue weighted by atomic mass is 9.98. The van der Waals surface area contributed by atoms with Gasteiger partial charge in [-0.25, -0.2) is 0 Å². The van der Waals surface area contributed by atoms with E-state index in [9.17, 15) is 4.79 Å². The molecule has 0 heterocycles. The van der Waals surface area contributed by atoms with Gasteiger partial charge in [-0.1, -0.05) is 38.5 Å². The lowest BCUT2D eigenvalue weighted by molar-refractivity contribution is -0.108. The quantitative estimate of drug-likeness (QED) is 0.425. The summed E-state index contributed by atoms with van der Waals surface area (Å²) in [5.74, 6) is 0.722. The molecule has 0 aliphatic heterocycles. The van der Waals surface area contributed by atoms with Gasteiger partial charge in [0.05, 0.1) is 0 Å². The summed E-state index contributed by atoms with van der Waals surface area (Å²) >= 11 is 0. The van der Waals surface area contributed by atoms with Crippen molar-refractivity contribution in [3.63, 3.8) is 0 Å². The molecule has 1 aliphatic carbocycles. The van der Waals surface area contributed by atoms with Crippen LogP contribution in [0.15, 0.2) is 0 Å². The fourth-order valence-corrected chi connectivity index (χ4v) is 1.74. The zero-order chi connectivity index (χ0) is 7.23. The predicted octanol–water partition coefficient (Wildman–Crippen LogP) is 2.55. The van der Waals surface area contributed by atoms with Gasteiger partial charge in [0, 0.05) is 6.42 Å². The Morgan fingerprint density at radius 1 is 1.10 bits per heavy atom. The van der Waals surface area contributed by atoms with E-state index >= 15 is 0 Å². The first kappa shape index (κ1) is 7.77. The molecule has 0 spiro atoms. The van der Waals surface area contributed by atoms with Crippen LogP contribution in [0.3, 0.4) is 0 Å². The molecule has 58 valence electrons. The van der Waals surface area contributed by atoms with E-state index < -0.39 is 0 Å². The maximum atomic E-state index is 10.2. The SMILES string of the molecule is O=CCC1CCCCCC1. The van der Waals surface area contributed by atoms with E-state index in [-0.39, 0.29) is 0 Å². The highest BCUT2D eigenvalue weighted by Crippen LogP contribution is 2.24. The topological polar surface area (TPSA) is 17.1 Å². The van der Waals surface area contributed by atoms with Crippen LogP contribution in [-0.4, -0.2) is 6.29 Å². The van der Waals surface area contributed by atoms with Crippen molar-refractivity contribution in [2.24, 2.45) is 5.92 Å². The summed E-state index contributed by atoms with van der Waals surface area (Å²) in [7, 11) is 0. The molecule has 10 heavy (non-hydrogen) atoms. The molecular weight excluding hydrogens is 124 g/mol. The second-order valence-corrected chi connectivity index (χ2v) is 3.26. The third-order valence-corrected chi connectivity index (χ3v) is 2.40. The summed E-state index contributed by atoms with van der Waals surface area (Å²) in [4.78, 5) is 10.2. The lowest BCUT2D eigenvalue weighted by Crippen LogP contribution is -1.98. The lowest BCUT2D eigenvalue weighted by Gasteiger charge is -2.07. The van der Waals surface area contributed by atoms with Gasteiger partial charge in [-0.05, 0) is 5.92 Å². The zero-order valence-electron chi connectivity index (χ0n) is 6.51. The van der Waals surface area contributed by atoms with E-state index in [0.717, 1.165) is 18.6 Å². The highest BCUT2D eigenvalue weighted by molar-refractivity contribution is 5.49. The minimum atomic E-state index is 0.722. The predicted molar refractivity (Wildman–Crippen MR) is 41.9 cm³/mol. The van der Waals surface area contributed by atoms with Gasteiger partial charge in [0.1, 0.15) is 6.29 Å². The minimum absolute atomic E-state index is 0.722. The van der Waals surface area contributed by atoms with Crippen LogP contribution in [0.4, 0.5) is 0 Å². The van der Waals surface area contributed by atoms with Gasteiger partial charge in [-0.2, -0.15) is 0 Å². The van der Waals surface area contributed by atoms with E-state index in [4.69, 9.17) is 0 Å². The Morgan fingerprint density at radius 3 is 2.20 bits per heavy atom. The second-order valence-electron chi connectivity index (χ2n) is 3.26. The van der Waals surface area contributed by atoms with Crippen molar-refractivity contribution in [3.05, 3.63) is 0 Å². The Kier molecular flexibility index (Phi) is 3.48. The van der Waals surface area contributed by atoms with Gasteiger partial charge in [0.25, 0.3) is 0 Å². The average Bonchev–Trinajstić information content (AvgIpc) is 2.17. The third-order valence-electron chi connectivity index (χ3n) is 2.40. The molecule has 0 bridgehead atoms. The van der Waals surface area contributed by atoms with Crippen LogP contribution < -0.4 is 0 Å². The van der Waals surface area contributed by atoms with E-state index in [1.165, 1.54) is 38.5 Å². The number of rotatable bonds is 2. The summed E-state index contributed by atoms with van der Waals surface area (Å²) in [6.45, 7) is 0. The van der Waals surface area contributed by atoms with Crippen molar-refractivity contribution >= 4 is 6.29 Å². The number of carbonyl (C=O) groups is 1. The van der Waals surface area contributed by atoms with Gasteiger partial charge in [-0.3, -0.25) is 0 Å². The van der Waals surface area contributed by atoms with Crippen molar-refractivity contribution in [2.45, 2.75) is 44.9 Å². The minimum Gasteiger partial charge on any atom is -0.303 e. The van der Waals surface area contributed by atoms with Crippen molar-refractivity contribution in [3.8, 4) is 0 Å². The van der Waals surface area contributed by atoms with Crippen molar-refractivity contribution in [1.82, 2.24) is 0 Å². The highest BCUT2D eigenvalue weighted by atomic mass is 16.1. The molecule has 1 fully saturated rings. The molecule has 0 aromatic carbocycles. The van der Waals surface area contributed by atoms with Crippen molar-refractivity contribution in [1.29, 1.82) is 0 Å².